The third-order valence-electron chi connectivity index (χ3n) is 4.58. The van der Waals surface area contributed by atoms with Crippen molar-refractivity contribution in [3.05, 3.63) is 82.8 Å². The van der Waals surface area contributed by atoms with E-state index in [4.69, 9.17) is 9.26 Å². The van der Waals surface area contributed by atoms with Crippen LogP contribution in [0.25, 0.3) is 17.1 Å². The van der Waals surface area contributed by atoms with E-state index in [2.05, 4.69) is 15.2 Å². The Hall–Kier alpha value is -3.81. The fourth-order valence-corrected chi connectivity index (χ4v) is 3.00. The lowest BCUT2D eigenvalue weighted by atomic mass is 10.1. The van der Waals surface area contributed by atoms with Crippen molar-refractivity contribution in [2.75, 3.05) is 0 Å². The number of hydrogen-bond donors (Lipinski definition) is 0. The average molecular weight is 406 g/mol. The van der Waals surface area contributed by atoms with E-state index in [0.29, 0.717) is 16.7 Å². The molecule has 0 fully saturated rings. The highest BCUT2D eigenvalue weighted by molar-refractivity contribution is 5.89. The van der Waals surface area contributed by atoms with Gasteiger partial charge in [0.05, 0.1) is 16.9 Å². The fraction of sp³-hybridized carbons (Fsp3) is 0.182. The molecule has 0 N–H and O–H groups in total. The second kappa shape index (κ2) is 7.90. The van der Waals surface area contributed by atoms with Crippen molar-refractivity contribution in [2.24, 2.45) is 0 Å². The van der Waals surface area contributed by atoms with Gasteiger partial charge >= 0.3 is 5.97 Å². The van der Waals surface area contributed by atoms with Gasteiger partial charge in [-0.25, -0.2) is 13.9 Å². The van der Waals surface area contributed by atoms with E-state index in [-0.39, 0.29) is 24.1 Å². The summed E-state index contributed by atoms with van der Waals surface area (Å²) in [5.41, 5.74) is 4.18. The molecule has 0 bridgehead atoms. The summed E-state index contributed by atoms with van der Waals surface area (Å²) in [7, 11) is 0. The van der Waals surface area contributed by atoms with Crippen LogP contribution in [0.15, 0.2) is 53.1 Å². The molecule has 0 saturated heterocycles. The molecule has 0 saturated carbocycles. The third-order valence-corrected chi connectivity index (χ3v) is 4.58. The Labute approximate surface area is 172 Å². The van der Waals surface area contributed by atoms with E-state index in [1.807, 2.05) is 19.9 Å². The van der Waals surface area contributed by atoms with Gasteiger partial charge in [-0.15, -0.1) is 0 Å². The maximum absolute atomic E-state index is 13.7. The Bertz CT molecular complexity index is 1210. The minimum absolute atomic E-state index is 0.124. The molecule has 2 aromatic carbocycles. The molecule has 0 unspecified atom stereocenters. The van der Waals surface area contributed by atoms with Gasteiger partial charge in [0.15, 0.2) is 6.61 Å². The first-order valence-electron chi connectivity index (χ1n) is 9.30. The lowest BCUT2D eigenvalue weighted by molar-refractivity contribution is 0.0430. The number of benzene rings is 2. The maximum atomic E-state index is 13.7. The summed E-state index contributed by atoms with van der Waals surface area (Å²) in [5.74, 6) is -0.516. The van der Waals surface area contributed by atoms with Gasteiger partial charge in [0.1, 0.15) is 5.82 Å². The molecule has 7 nitrogen and oxygen atoms in total. The number of ether oxygens (including phenoxy) is 1. The quantitative estimate of drug-likeness (QED) is 0.459. The topological polar surface area (TPSA) is 83.0 Å². The van der Waals surface area contributed by atoms with E-state index in [1.54, 1.807) is 48.0 Å². The molecule has 0 atom stereocenters. The molecule has 4 rings (SSSR count). The molecule has 0 amide bonds. The fourth-order valence-electron chi connectivity index (χ4n) is 3.00. The van der Waals surface area contributed by atoms with Gasteiger partial charge in [0.25, 0.3) is 5.89 Å². The predicted molar refractivity (Wildman–Crippen MR) is 107 cm³/mol. The van der Waals surface area contributed by atoms with Crippen LogP contribution >= 0.6 is 0 Å². The number of hydrogen-bond acceptors (Lipinski definition) is 6. The minimum Gasteiger partial charge on any atom is -0.452 e. The predicted octanol–water partition coefficient (Wildman–Crippen LogP) is 4.34. The number of aromatic nitrogens is 4. The molecule has 0 radical (unpaired) electrons. The smallest absolute Gasteiger partial charge is 0.338 e. The summed E-state index contributed by atoms with van der Waals surface area (Å²) in [6.07, 6.45) is 0. The summed E-state index contributed by atoms with van der Waals surface area (Å²) in [5, 5.41) is 8.23. The monoisotopic (exact) mass is 406 g/mol. The normalized spacial score (nSPS) is 10.9. The highest BCUT2D eigenvalue weighted by Gasteiger charge is 2.14. The molecule has 152 valence electrons. The zero-order valence-corrected chi connectivity index (χ0v) is 16.7. The molecule has 0 aliphatic carbocycles. The van der Waals surface area contributed by atoms with Gasteiger partial charge in [0, 0.05) is 11.3 Å². The minimum atomic E-state index is -0.518. The SMILES string of the molecule is Cc1cc(C)n(-c2ccc(C(=O)OCc3nc(-c4ccc(C)c(F)c4)no3)cc2)n1. The largest absolute Gasteiger partial charge is 0.452 e. The molecular formula is C22H19FN4O3. The van der Waals surface area contributed by atoms with Crippen LogP contribution in [0, 0.1) is 26.6 Å². The van der Waals surface area contributed by atoms with E-state index < -0.39 is 5.97 Å². The zero-order chi connectivity index (χ0) is 21.3. The van der Waals surface area contributed by atoms with Crippen LogP contribution in [-0.4, -0.2) is 25.9 Å². The van der Waals surface area contributed by atoms with Gasteiger partial charge in [-0.05, 0) is 62.7 Å². The number of esters is 1. The summed E-state index contributed by atoms with van der Waals surface area (Å²) in [4.78, 5) is 16.5. The van der Waals surface area contributed by atoms with Gasteiger partial charge < -0.3 is 9.26 Å². The standard InChI is InChI=1S/C22H19FN4O3/c1-13-4-5-17(11-19(13)23)21-24-20(30-26-21)12-29-22(28)16-6-8-18(9-7-16)27-15(3)10-14(2)25-27/h4-11H,12H2,1-3H3. The van der Waals surface area contributed by atoms with Crippen LogP contribution in [0.5, 0.6) is 0 Å². The van der Waals surface area contributed by atoms with Crippen molar-refractivity contribution in [1.29, 1.82) is 0 Å². The zero-order valence-electron chi connectivity index (χ0n) is 16.7. The summed E-state index contributed by atoms with van der Waals surface area (Å²) in [6, 6.07) is 13.6. The number of carbonyl (C=O) groups excluding carboxylic acids is 1. The third kappa shape index (κ3) is 3.98. The molecule has 8 heteroatoms. The van der Waals surface area contributed by atoms with Crippen LogP contribution in [0.3, 0.4) is 0 Å². The lowest BCUT2D eigenvalue weighted by Gasteiger charge is -2.06. The van der Waals surface area contributed by atoms with Crippen molar-refractivity contribution >= 4 is 5.97 Å². The summed E-state index contributed by atoms with van der Waals surface area (Å²) in [6.45, 7) is 5.38. The molecule has 4 aromatic rings. The Morgan fingerprint density at radius 1 is 1.10 bits per heavy atom. The van der Waals surface area contributed by atoms with Gasteiger partial charge in [0.2, 0.25) is 5.82 Å². The number of halogens is 1. The van der Waals surface area contributed by atoms with Gasteiger partial charge in [-0.1, -0.05) is 17.3 Å². The first kappa shape index (κ1) is 19.5. The van der Waals surface area contributed by atoms with Gasteiger partial charge in [-0.3, -0.25) is 0 Å². The highest BCUT2D eigenvalue weighted by atomic mass is 19.1. The number of aryl methyl sites for hydroxylation is 3. The Balaban J connectivity index is 1.41. The first-order chi connectivity index (χ1) is 14.4. The molecule has 0 aliphatic rings. The molecule has 30 heavy (non-hydrogen) atoms. The average Bonchev–Trinajstić information content (AvgIpc) is 3.34. The highest BCUT2D eigenvalue weighted by Crippen LogP contribution is 2.19. The number of carbonyl (C=O) groups is 1. The van der Waals surface area contributed by atoms with Crippen molar-refractivity contribution in [3.8, 4) is 17.1 Å². The van der Waals surface area contributed by atoms with E-state index >= 15 is 0 Å². The van der Waals surface area contributed by atoms with Gasteiger partial charge in [-0.2, -0.15) is 10.1 Å². The van der Waals surface area contributed by atoms with Crippen molar-refractivity contribution in [2.45, 2.75) is 27.4 Å². The van der Waals surface area contributed by atoms with E-state index in [0.717, 1.165) is 17.1 Å². The van der Waals surface area contributed by atoms with Crippen LogP contribution < -0.4 is 0 Å². The molecule has 2 heterocycles. The Morgan fingerprint density at radius 3 is 2.53 bits per heavy atom. The molecule has 2 aromatic heterocycles. The van der Waals surface area contributed by atoms with Crippen molar-refractivity contribution in [1.82, 2.24) is 19.9 Å². The number of nitrogens with zero attached hydrogens (tertiary/aromatic N) is 4. The van der Waals surface area contributed by atoms with E-state index in [9.17, 15) is 9.18 Å². The van der Waals surface area contributed by atoms with Crippen LogP contribution in [0.4, 0.5) is 4.39 Å². The second-order valence-corrected chi connectivity index (χ2v) is 6.94. The lowest BCUT2D eigenvalue weighted by Crippen LogP contribution is -2.06. The van der Waals surface area contributed by atoms with E-state index in [1.165, 1.54) is 6.07 Å². The maximum Gasteiger partial charge on any atom is 0.338 e. The summed E-state index contributed by atoms with van der Waals surface area (Å²) >= 11 is 0. The molecule has 0 spiro atoms. The molecular weight excluding hydrogens is 387 g/mol. The molecule has 0 aliphatic heterocycles. The second-order valence-electron chi connectivity index (χ2n) is 6.94. The number of rotatable bonds is 5. The Morgan fingerprint density at radius 2 is 1.87 bits per heavy atom. The summed E-state index contributed by atoms with van der Waals surface area (Å²) < 4.78 is 25.9. The first-order valence-corrected chi connectivity index (χ1v) is 9.30. The van der Waals surface area contributed by atoms with Crippen molar-refractivity contribution in [3.63, 3.8) is 0 Å². The Kier molecular flexibility index (Phi) is 5.14. The van der Waals surface area contributed by atoms with Crippen LogP contribution in [0.2, 0.25) is 0 Å². The van der Waals surface area contributed by atoms with Crippen molar-refractivity contribution < 1.29 is 18.4 Å². The van der Waals surface area contributed by atoms with Crippen LogP contribution in [0.1, 0.15) is 33.2 Å². The van der Waals surface area contributed by atoms with Crippen LogP contribution in [-0.2, 0) is 11.3 Å².